The predicted octanol–water partition coefficient (Wildman–Crippen LogP) is 1.63. The number of likely N-dealkylation sites (tertiary alicyclic amines) is 1. The van der Waals surface area contributed by atoms with E-state index < -0.39 is 5.82 Å². The Balaban J connectivity index is 2.10. The lowest BCUT2D eigenvalue weighted by Gasteiger charge is -2.34. The van der Waals surface area contributed by atoms with E-state index in [0.29, 0.717) is 6.54 Å². The average Bonchev–Trinajstić information content (AvgIpc) is 2.43. The molecule has 19 heavy (non-hydrogen) atoms. The first-order valence-electron chi connectivity index (χ1n) is 6.55. The van der Waals surface area contributed by atoms with Crippen molar-refractivity contribution >= 4 is 5.91 Å². The fraction of sp³-hybridized carbons (Fsp3) is 0.500. The molecule has 0 spiro atoms. The minimum atomic E-state index is -0.619. The molecule has 1 aromatic rings. The van der Waals surface area contributed by atoms with Gasteiger partial charge in [-0.2, -0.15) is 0 Å². The summed E-state index contributed by atoms with van der Waals surface area (Å²) in [4.78, 5) is 13.9. The Hall–Kier alpha value is -1.62. The average molecular weight is 266 g/mol. The van der Waals surface area contributed by atoms with Crippen molar-refractivity contribution in [3.05, 3.63) is 29.6 Å². The number of nitrogens with zero attached hydrogens (tertiary/aromatic N) is 1. The van der Waals surface area contributed by atoms with E-state index in [1.165, 1.54) is 12.1 Å². The van der Waals surface area contributed by atoms with Crippen LogP contribution in [-0.4, -0.2) is 35.5 Å². The number of aromatic hydroxyl groups is 1. The van der Waals surface area contributed by atoms with Crippen molar-refractivity contribution in [3.63, 3.8) is 0 Å². The summed E-state index contributed by atoms with van der Waals surface area (Å²) in [6.07, 6.45) is 2.92. The third-order valence-electron chi connectivity index (χ3n) is 3.56. The molecule has 0 aliphatic carbocycles. The van der Waals surface area contributed by atoms with Gasteiger partial charge in [0, 0.05) is 13.6 Å². The number of carbonyl (C=O) groups is 1. The lowest BCUT2D eigenvalue weighted by Crippen LogP contribution is -2.48. The molecule has 1 saturated heterocycles. The second-order valence-electron chi connectivity index (χ2n) is 4.88. The third-order valence-corrected chi connectivity index (χ3v) is 3.56. The van der Waals surface area contributed by atoms with Gasteiger partial charge in [0.05, 0.1) is 6.04 Å². The van der Waals surface area contributed by atoms with Gasteiger partial charge in [-0.05, 0) is 37.1 Å². The molecule has 0 saturated carbocycles. The van der Waals surface area contributed by atoms with Crippen LogP contribution in [0.1, 0.15) is 24.8 Å². The summed E-state index contributed by atoms with van der Waals surface area (Å²) >= 11 is 0. The number of nitrogens with one attached hydrogen (secondary N) is 1. The molecule has 0 bridgehead atoms. The lowest BCUT2D eigenvalue weighted by atomic mass is 10.0. The maximum absolute atomic E-state index is 13.3. The number of halogens is 1. The van der Waals surface area contributed by atoms with Crippen LogP contribution in [0.3, 0.4) is 0 Å². The van der Waals surface area contributed by atoms with Crippen LogP contribution in [0, 0.1) is 5.82 Å². The highest BCUT2D eigenvalue weighted by atomic mass is 19.1. The first-order chi connectivity index (χ1) is 9.11. The zero-order chi connectivity index (χ0) is 13.8. The Bertz CT molecular complexity index is 465. The van der Waals surface area contributed by atoms with Crippen molar-refractivity contribution in [1.29, 1.82) is 0 Å². The minimum Gasteiger partial charge on any atom is -0.505 e. The van der Waals surface area contributed by atoms with Gasteiger partial charge in [0.25, 0.3) is 0 Å². The van der Waals surface area contributed by atoms with Crippen LogP contribution >= 0.6 is 0 Å². The highest BCUT2D eigenvalue weighted by Gasteiger charge is 2.27. The summed E-state index contributed by atoms with van der Waals surface area (Å²) in [6.45, 7) is 1.36. The molecule has 0 radical (unpaired) electrons. The van der Waals surface area contributed by atoms with Crippen molar-refractivity contribution in [2.45, 2.75) is 31.8 Å². The molecule has 1 aliphatic heterocycles. The number of carbonyl (C=O) groups excluding carboxylic acids is 1. The molecule has 2 N–H and O–H groups in total. The molecule has 1 aliphatic rings. The van der Waals surface area contributed by atoms with Crippen LogP contribution in [0.2, 0.25) is 0 Å². The van der Waals surface area contributed by atoms with E-state index in [1.54, 1.807) is 13.1 Å². The number of rotatable bonds is 3. The first kappa shape index (κ1) is 13.8. The molecule has 1 fully saturated rings. The van der Waals surface area contributed by atoms with Crippen LogP contribution in [0.4, 0.5) is 4.39 Å². The molecular weight excluding hydrogens is 247 g/mol. The van der Waals surface area contributed by atoms with E-state index in [0.717, 1.165) is 31.4 Å². The highest BCUT2D eigenvalue weighted by molar-refractivity contribution is 5.81. The van der Waals surface area contributed by atoms with Gasteiger partial charge < -0.3 is 10.4 Å². The number of hydrogen-bond donors (Lipinski definition) is 2. The van der Waals surface area contributed by atoms with Gasteiger partial charge in [0.2, 0.25) is 5.91 Å². The van der Waals surface area contributed by atoms with Crippen molar-refractivity contribution in [2.75, 3.05) is 13.6 Å². The molecule has 1 unspecified atom stereocenters. The number of benzene rings is 1. The second kappa shape index (κ2) is 6.02. The zero-order valence-corrected chi connectivity index (χ0v) is 11.0. The molecule has 104 valence electrons. The Morgan fingerprint density at radius 2 is 2.32 bits per heavy atom. The van der Waals surface area contributed by atoms with E-state index in [2.05, 4.69) is 10.2 Å². The van der Waals surface area contributed by atoms with Crippen molar-refractivity contribution in [1.82, 2.24) is 10.2 Å². The molecular formula is C14H19FN2O2. The maximum Gasteiger partial charge on any atom is 0.237 e. The second-order valence-corrected chi connectivity index (χ2v) is 4.88. The summed E-state index contributed by atoms with van der Waals surface area (Å²) in [7, 11) is 1.63. The molecule has 1 aromatic carbocycles. The fourth-order valence-electron chi connectivity index (χ4n) is 2.53. The summed E-state index contributed by atoms with van der Waals surface area (Å²) in [5.74, 6) is -0.949. The molecule has 2 rings (SSSR count). The molecule has 1 atom stereocenters. The maximum atomic E-state index is 13.3. The summed E-state index contributed by atoms with van der Waals surface area (Å²) < 4.78 is 13.3. The number of hydrogen-bond acceptors (Lipinski definition) is 3. The zero-order valence-electron chi connectivity index (χ0n) is 11.0. The molecule has 0 aromatic heterocycles. The van der Waals surface area contributed by atoms with E-state index in [4.69, 9.17) is 0 Å². The molecule has 4 nitrogen and oxygen atoms in total. The minimum absolute atomic E-state index is 0.0129. The van der Waals surface area contributed by atoms with E-state index in [-0.39, 0.29) is 17.7 Å². The normalized spacial score (nSPS) is 20.2. The van der Waals surface area contributed by atoms with Gasteiger partial charge in [0.1, 0.15) is 0 Å². The Morgan fingerprint density at radius 3 is 3.00 bits per heavy atom. The Morgan fingerprint density at radius 1 is 1.53 bits per heavy atom. The van der Waals surface area contributed by atoms with E-state index in [1.807, 2.05) is 0 Å². The number of phenolic OH excluding ortho intramolecular Hbond substituents is 1. The van der Waals surface area contributed by atoms with Crippen molar-refractivity contribution in [3.8, 4) is 5.75 Å². The van der Waals surface area contributed by atoms with E-state index >= 15 is 0 Å². The molecule has 5 heteroatoms. The van der Waals surface area contributed by atoms with Crippen LogP contribution in [0.15, 0.2) is 18.2 Å². The van der Waals surface area contributed by atoms with E-state index in [9.17, 15) is 14.3 Å². The summed E-state index contributed by atoms with van der Waals surface area (Å²) in [6, 6.07) is 4.22. The summed E-state index contributed by atoms with van der Waals surface area (Å²) in [5.41, 5.74) is 0.770. The number of likely N-dealkylation sites (N-methyl/N-ethyl adjacent to an activating group) is 1. The fourth-order valence-corrected chi connectivity index (χ4v) is 2.53. The molecule has 1 amide bonds. The Labute approximate surface area is 112 Å². The first-order valence-corrected chi connectivity index (χ1v) is 6.55. The smallest absolute Gasteiger partial charge is 0.237 e. The number of amides is 1. The number of phenols is 1. The summed E-state index contributed by atoms with van der Waals surface area (Å²) in [5, 5.41) is 11.9. The highest BCUT2D eigenvalue weighted by Crippen LogP contribution is 2.22. The largest absolute Gasteiger partial charge is 0.505 e. The van der Waals surface area contributed by atoms with Crippen LogP contribution in [-0.2, 0) is 11.3 Å². The van der Waals surface area contributed by atoms with Gasteiger partial charge in [-0.3, -0.25) is 9.69 Å². The monoisotopic (exact) mass is 266 g/mol. The van der Waals surface area contributed by atoms with Crippen molar-refractivity contribution < 1.29 is 14.3 Å². The lowest BCUT2D eigenvalue weighted by molar-refractivity contribution is -0.127. The Kier molecular flexibility index (Phi) is 4.37. The van der Waals surface area contributed by atoms with Crippen LogP contribution < -0.4 is 5.32 Å². The van der Waals surface area contributed by atoms with Crippen molar-refractivity contribution in [2.24, 2.45) is 0 Å². The third kappa shape index (κ3) is 3.23. The van der Waals surface area contributed by atoms with Gasteiger partial charge in [-0.25, -0.2) is 4.39 Å². The van der Waals surface area contributed by atoms with Gasteiger partial charge in [-0.15, -0.1) is 0 Å². The standard InChI is InChI=1S/C14H19FN2O2/c1-16-14(19)12-4-2-3-7-17(12)9-10-5-6-13(18)11(15)8-10/h5-6,8,12,18H,2-4,7,9H2,1H3,(H,16,19). The number of piperidine rings is 1. The SMILES string of the molecule is CNC(=O)C1CCCCN1Cc1ccc(O)c(F)c1. The van der Waals surface area contributed by atoms with Crippen LogP contribution in [0.5, 0.6) is 5.75 Å². The van der Waals surface area contributed by atoms with Gasteiger partial charge >= 0.3 is 0 Å². The van der Waals surface area contributed by atoms with Gasteiger partial charge in [-0.1, -0.05) is 12.5 Å². The predicted molar refractivity (Wildman–Crippen MR) is 70.2 cm³/mol. The topological polar surface area (TPSA) is 52.6 Å². The van der Waals surface area contributed by atoms with Gasteiger partial charge in [0.15, 0.2) is 11.6 Å². The quantitative estimate of drug-likeness (QED) is 0.874. The molecule has 1 heterocycles. The van der Waals surface area contributed by atoms with Crippen LogP contribution in [0.25, 0.3) is 0 Å².